The van der Waals surface area contributed by atoms with Gasteiger partial charge in [0.25, 0.3) is 0 Å². The highest BCUT2D eigenvalue weighted by molar-refractivity contribution is 5.89. The van der Waals surface area contributed by atoms with Crippen LogP contribution < -0.4 is 0 Å². The van der Waals surface area contributed by atoms with Crippen LogP contribution in [0.25, 0.3) is 0 Å². The molecule has 0 unspecified atom stereocenters. The lowest BCUT2D eigenvalue weighted by Crippen LogP contribution is -2.85. The molecule has 0 radical (unpaired) electrons. The second-order valence-electron chi connectivity index (χ2n) is 14.5. The van der Waals surface area contributed by atoms with Crippen molar-refractivity contribution in [2.75, 3.05) is 6.61 Å². The maximum atomic E-state index is 13.9. The van der Waals surface area contributed by atoms with E-state index in [1.165, 1.54) is 19.3 Å². The fourth-order valence-electron chi connectivity index (χ4n) is 7.98. The molecule has 0 aromatic carbocycles. The van der Waals surface area contributed by atoms with Crippen molar-refractivity contribution in [3.63, 3.8) is 0 Å². The fourth-order valence-corrected chi connectivity index (χ4v) is 7.98. The zero-order valence-electron chi connectivity index (χ0n) is 30.1. The van der Waals surface area contributed by atoms with E-state index in [9.17, 15) is 33.9 Å². The molecule has 1 spiro atoms. The maximum absolute atomic E-state index is 13.9. The van der Waals surface area contributed by atoms with Crippen molar-refractivity contribution in [2.24, 2.45) is 23.2 Å². The van der Waals surface area contributed by atoms with E-state index in [4.69, 9.17) is 37.6 Å². The van der Waals surface area contributed by atoms with Crippen LogP contribution in [0.3, 0.4) is 0 Å². The van der Waals surface area contributed by atoms with Gasteiger partial charge in [-0.05, 0) is 33.3 Å². The third-order valence-corrected chi connectivity index (χ3v) is 10.1. The van der Waals surface area contributed by atoms with Crippen molar-refractivity contribution in [2.45, 2.75) is 129 Å². The Morgan fingerprint density at radius 2 is 1.46 bits per heavy atom. The van der Waals surface area contributed by atoms with Gasteiger partial charge in [0.2, 0.25) is 0 Å². The van der Waals surface area contributed by atoms with E-state index in [1.54, 1.807) is 41.5 Å². The molecular weight excluding hydrogens is 660 g/mol. The molecule has 15 nitrogen and oxygen atoms in total. The van der Waals surface area contributed by atoms with Crippen molar-refractivity contribution < 1.29 is 71.4 Å². The summed E-state index contributed by atoms with van der Waals surface area (Å²) in [5.74, 6) is -7.47. The predicted octanol–water partition coefficient (Wildman–Crippen LogP) is 3.08. The van der Waals surface area contributed by atoms with Crippen LogP contribution in [-0.4, -0.2) is 94.9 Å². The summed E-state index contributed by atoms with van der Waals surface area (Å²) in [6.45, 7) is 13.6. The Kier molecular flexibility index (Phi) is 10.8. The highest BCUT2D eigenvalue weighted by Crippen LogP contribution is 2.69. The first-order valence-corrected chi connectivity index (χ1v) is 16.7. The number of esters is 6. The number of aliphatic hydroxyl groups is 1. The van der Waals surface area contributed by atoms with Crippen molar-refractivity contribution in [1.29, 1.82) is 0 Å². The minimum absolute atomic E-state index is 0.0579. The number of hydrogen-bond acceptors (Lipinski definition) is 15. The number of furan rings is 1. The number of fused-ring (bicyclic) bond motifs is 1. The summed E-state index contributed by atoms with van der Waals surface area (Å²) in [5, 5.41) is 12.7. The van der Waals surface area contributed by atoms with Crippen molar-refractivity contribution in [3.8, 4) is 0 Å². The molecule has 2 heterocycles. The van der Waals surface area contributed by atoms with Crippen LogP contribution in [0.4, 0.5) is 0 Å². The number of ether oxygens (including phenoxy) is 7. The van der Waals surface area contributed by atoms with E-state index in [1.807, 2.05) is 0 Å². The molecule has 10 atom stereocenters. The van der Waals surface area contributed by atoms with Gasteiger partial charge in [-0.2, -0.15) is 0 Å². The molecule has 50 heavy (non-hydrogen) atoms. The van der Waals surface area contributed by atoms with Crippen LogP contribution in [0.2, 0.25) is 0 Å². The van der Waals surface area contributed by atoms with E-state index in [2.05, 4.69) is 0 Å². The lowest BCUT2D eigenvalue weighted by Gasteiger charge is -2.66. The van der Waals surface area contributed by atoms with E-state index in [0.29, 0.717) is 6.42 Å². The second-order valence-corrected chi connectivity index (χ2v) is 14.5. The molecule has 15 heteroatoms. The monoisotopic (exact) mass is 708 g/mol. The summed E-state index contributed by atoms with van der Waals surface area (Å²) < 4.78 is 48.1. The topological polar surface area (TPSA) is 200 Å². The molecule has 0 amide bonds. The number of carbonyl (C=O) groups is 6. The lowest BCUT2D eigenvalue weighted by molar-refractivity contribution is -0.363. The van der Waals surface area contributed by atoms with Gasteiger partial charge in [-0.3, -0.25) is 24.0 Å². The van der Waals surface area contributed by atoms with Gasteiger partial charge in [0.1, 0.15) is 36.6 Å². The van der Waals surface area contributed by atoms with E-state index < -0.39 is 119 Å². The standard InChI is InChI=1S/C35H48O15/c1-11-18(4)30(40)44-16-34-26(46-20(6)37)23(45-19(5)36)14-33(10,42)35(34)27(47-21(7)38)24(32(8,9)50-35)25(48-29(39)17(2)3)28(34)49-31(41)22-12-13-43-15-22/h12-13,15,17-18,23-28,42H,11,14,16H2,1-10H3/t18-,23-,24+,25+,26-,27+,28+,33-,34-,35-/m0/s1. The van der Waals surface area contributed by atoms with Crippen LogP contribution in [-0.2, 0) is 57.1 Å². The first-order valence-electron chi connectivity index (χ1n) is 16.7. The van der Waals surface area contributed by atoms with Gasteiger partial charge in [-0.25, -0.2) is 4.79 Å². The molecular formula is C35H48O15. The van der Waals surface area contributed by atoms with E-state index in [0.717, 1.165) is 27.0 Å². The SMILES string of the molecule is CC[C@H](C)C(=O)OC[C@]12[C@H](OC(=O)c3ccoc3)[C@H](OC(=O)C(C)C)[C@@H]3[C@@H](OC(C)=O)[C@]1(OC3(C)C)[C@@](C)(O)C[C@H](OC(C)=O)[C@@H]2OC(C)=O. The Morgan fingerprint density at radius 1 is 0.860 bits per heavy atom. The van der Waals surface area contributed by atoms with Crippen molar-refractivity contribution >= 4 is 35.8 Å². The van der Waals surface area contributed by atoms with Crippen molar-refractivity contribution in [3.05, 3.63) is 24.2 Å². The molecule has 1 aromatic rings. The summed E-state index contributed by atoms with van der Waals surface area (Å²) >= 11 is 0. The Labute approximate surface area is 290 Å². The molecule has 2 aliphatic carbocycles. The minimum atomic E-state index is -2.30. The Bertz CT molecular complexity index is 1480. The van der Waals surface area contributed by atoms with Gasteiger partial charge in [0.05, 0.1) is 40.8 Å². The minimum Gasteiger partial charge on any atom is -0.472 e. The molecule has 1 aliphatic heterocycles. The predicted molar refractivity (Wildman–Crippen MR) is 169 cm³/mol. The number of carbonyl (C=O) groups excluding carboxylic acids is 6. The van der Waals surface area contributed by atoms with Crippen LogP contribution in [0, 0.1) is 23.2 Å². The molecule has 1 aromatic heterocycles. The Morgan fingerprint density at radius 3 is 1.98 bits per heavy atom. The molecule has 3 fully saturated rings. The van der Waals surface area contributed by atoms with Gasteiger partial charge < -0.3 is 42.7 Å². The summed E-state index contributed by atoms with van der Waals surface area (Å²) in [7, 11) is 0. The zero-order chi connectivity index (χ0) is 37.6. The smallest absolute Gasteiger partial charge is 0.341 e. The second kappa shape index (κ2) is 14.0. The molecule has 4 rings (SSSR count). The van der Waals surface area contributed by atoms with E-state index >= 15 is 0 Å². The summed E-state index contributed by atoms with van der Waals surface area (Å²) in [6.07, 6.45) is -5.74. The maximum Gasteiger partial charge on any atom is 0.341 e. The molecule has 2 saturated carbocycles. The van der Waals surface area contributed by atoms with Crippen LogP contribution >= 0.6 is 0 Å². The average molecular weight is 709 g/mol. The van der Waals surface area contributed by atoms with Crippen LogP contribution in [0.1, 0.15) is 92.4 Å². The Balaban J connectivity index is 2.19. The largest absolute Gasteiger partial charge is 0.472 e. The zero-order valence-corrected chi connectivity index (χ0v) is 30.1. The van der Waals surface area contributed by atoms with Gasteiger partial charge in [-0.15, -0.1) is 0 Å². The molecule has 278 valence electrons. The third kappa shape index (κ3) is 6.49. The normalized spacial score (nSPS) is 34.5. The van der Waals surface area contributed by atoms with Gasteiger partial charge in [0.15, 0.2) is 17.8 Å². The third-order valence-electron chi connectivity index (χ3n) is 10.1. The number of rotatable bonds is 11. The summed E-state index contributed by atoms with van der Waals surface area (Å²) in [4.78, 5) is 79.5. The summed E-state index contributed by atoms with van der Waals surface area (Å²) in [5.41, 5.74) is -8.21. The van der Waals surface area contributed by atoms with Gasteiger partial charge >= 0.3 is 35.8 Å². The molecule has 2 bridgehead atoms. The Hall–Kier alpha value is -3.98. The first-order chi connectivity index (χ1) is 23.2. The highest BCUT2D eigenvalue weighted by atomic mass is 16.7. The van der Waals surface area contributed by atoms with Crippen LogP contribution in [0.5, 0.6) is 0 Å². The molecule has 3 aliphatic rings. The lowest BCUT2D eigenvalue weighted by atomic mass is 9.45. The molecule has 1 saturated heterocycles. The quantitative estimate of drug-likeness (QED) is 0.259. The van der Waals surface area contributed by atoms with Crippen LogP contribution in [0.15, 0.2) is 23.0 Å². The van der Waals surface area contributed by atoms with Gasteiger partial charge in [-0.1, -0.05) is 27.7 Å². The first kappa shape index (κ1) is 38.8. The average Bonchev–Trinajstić information content (AvgIpc) is 3.60. The number of hydrogen-bond donors (Lipinski definition) is 1. The van der Waals surface area contributed by atoms with Crippen molar-refractivity contribution in [1.82, 2.24) is 0 Å². The molecule has 1 N–H and O–H groups in total. The van der Waals surface area contributed by atoms with Gasteiger partial charge in [0, 0.05) is 27.2 Å². The summed E-state index contributed by atoms with van der Waals surface area (Å²) in [6, 6.07) is 1.32. The highest BCUT2D eigenvalue weighted by Gasteiger charge is 2.89. The van der Waals surface area contributed by atoms with E-state index in [-0.39, 0.29) is 5.56 Å². The fraction of sp³-hybridized carbons (Fsp3) is 0.714.